The van der Waals surface area contributed by atoms with Crippen LogP contribution < -0.4 is 0 Å². The van der Waals surface area contributed by atoms with E-state index >= 15 is 0 Å². The fraction of sp³-hybridized carbons (Fsp3) is 0.278. The lowest BCUT2D eigenvalue weighted by Gasteiger charge is -2.20. The van der Waals surface area contributed by atoms with Crippen molar-refractivity contribution in [3.63, 3.8) is 0 Å². The third-order valence-electron chi connectivity index (χ3n) is 4.27. The number of amides is 1. The Hall–Kier alpha value is -2.18. The summed E-state index contributed by atoms with van der Waals surface area (Å²) in [5.74, 6) is -0.740. The molecule has 2 aromatic rings. The maximum absolute atomic E-state index is 13.1. The van der Waals surface area contributed by atoms with Crippen molar-refractivity contribution in [2.75, 3.05) is 6.54 Å². The lowest BCUT2D eigenvalue weighted by atomic mass is 10.1. The van der Waals surface area contributed by atoms with Gasteiger partial charge in [-0.05, 0) is 30.9 Å². The van der Waals surface area contributed by atoms with Crippen molar-refractivity contribution in [1.82, 2.24) is 5.06 Å². The van der Waals surface area contributed by atoms with Crippen LogP contribution in [0.15, 0.2) is 59.5 Å². The highest BCUT2D eigenvalue weighted by atomic mass is 32.2. The van der Waals surface area contributed by atoms with Crippen LogP contribution in [0.2, 0.25) is 0 Å². The summed E-state index contributed by atoms with van der Waals surface area (Å²) < 4.78 is 26.3. The molecule has 126 valence electrons. The van der Waals surface area contributed by atoms with Crippen LogP contribution in [0.3, 0.4) is 0 Å². The zero-order chi connectivity index (χ0) is 17.2. The van der Waals surface area contributed by atoms with Gasteiger partial charge in [-0.1, -0.05) is 48.5 Å². The molecule has 5 nitrogen and oxygen atoms in total. The van der Waals surface area contributed by atoms with Gasteiger partial charge < -0.3 is 0 Å². The Morgan fingerprint density at radius 2 is 1.62 bits per heavy atom. The van der Waals surface area contributed by atoms with E-state index in [1.165, 1.54) is 6.07 Å². The lowest BCUT2D eigenvalue weighted by Crippen LogP contribution is -2.40. The summed E-state index contributed by atoms with van der Waals surface area (Å²) in [6, 6.07) is 15.9. The molecule has 1 N–H and O–H groups in total. The second kappa shape index (κ2) is 6.75. The number of hydrogen-bond donors (Lipinski definition) is 1. The Morgan fingerprint density at radius 1 is 0.958 bits per heavy atom. The lowest BCUT2D eigenvalue weighted by molar-refractivity contribution is -0.163. The fourth-order valence-electron chi connectivity index (χ4n) is 3.00. The summed E-state index contributed by atoms with van der Waals surface area (Å²) in [5, 5.41) is 9.05. The highest BCUT2D eigenvalue weighted by Crippen LogP contribution is 2.32. The van der Waals surface area contributed by atoms with E-state index in [4.69, 9.17) is 0 Å². The third kappa shape index (κ3) is 3.07. The molecule has 0 aromatic heterocycles. The molecule has 1 aliphatic rings. The smallest absolute Gasteiger partial charge is 0.264 e. The predicted molar refractivity (Wildman–Crippen MR) is 90.2 cm³/mol. The largest absolute Gasteiger partial charge is 0.286 e. The topological polar surface area (TPSA) is 74.7 Å². The number of rotatable bonds is 3. The van der Waals surface area contributed by atoms with E-state index in [9.17, 15) is 18.4 Å². The maximum Gasteiger partial charge on any atom is 0.264 e. The number of benzene rings is 2. The summed E-state index contributed by atoms with van der Waals surface area (Å²) >= 11 is 0. The van der Waals surface area contributed by atoms with Gasteiger partial charge in [-0.25, -0.2) is 13.5 Å². The Balaban J connectivity index is 2.09. The summed E-state index contributed by atoms with van der Waals surface area (Å²) in [5.41, 5.74) is 1.35. The molecular weight excluding hydrogens is 326 g/mol. The molecule has 6 heteroatoms. The number of sulfone groups is 1. The SMILES string of the molecule is O=C1C(S(=O)(=O)c2ccccc2-c2ccccc2)CCCCN1O. The van der Waals surface area contributed by atoms with E-state index in [0.29, 0.717) is 23.5 Å². The second-order valence-corrected chi connectivity index (χ2v) is 7.95. The fourth-order valence-corrected chi connectivity index (χ4v) is 4.93. The Kier molecular flexibility index (Phi) is 4.69. The maximum atomic E-state index is 13.1. The van der Waals surface area contributed by atoms with Crippen molar-refractivity contribution in [1.29, 1.82) is 0 Å². The first-order valence-corrected chi connectivity index (χ1v) is 9.45. The molecule has 1 amide bonds. The van der Waals surface area contributed by atoms with Crippen LogP contribution in [0.25, 0.3) is 11.1 Å². The molecule has 1 unspecified atom stereocenters. The van der Waals surface area contributed by atoms with Crippen molar-refractivity contribution in [2.45, 2.75) is 29.4 Å². The Morgan fingerprint density at radius 3 is 2.38 bits per heavy atom. The molecule has 2 aromatic carbocycles. The molecule has 3 rings (SSSR count). The van der Waals surface area contributed by atoms with Crippen molar-refractivity contribution < 1.29 is 18.4 Å². The standard InChI is InChI=1S/C18H19NO4S/c20-18-17(12-6-7-13-19(18)21)24(22,23)16-11-5-4-10-15(16)14-8-2-1-3-9-14/h1-5,8-11,17,21H,6-7,12-13H2. The van der Waals surface area contributed by atoms with Crippen molar-refractivity contribution in [3.8, 4) is 11.1 Å². The average molecular weight is 345 g/mol. The second-order valence-electron chi connectivity index (χ2n) is 5.85. The third-order valence-corrected chi connectivity index (χ3v) is 6.42. The van der Waals surface area contributed by atoms with Crippen LogP contribution in [-0.2, 0) is 14.6 Å². The monoisotopic (exact) mass is 345 g/mol. The Labute approximate surface area is 141 Å². The summed E-state index contributed by atoms with van der Waals surface area (Å²) in [6.45, 7) is 0.172. The van der Waals surface area contributed by atoms with Crippen LogP contribution >= 0.6 is 0 Å². The summed E-state index contributed by atoms with van der Waals surface area (Å²) in [7, 11) is -3.90. The first kappa shape index (κ1) is 16.7. The van der Waals surface area contributed by atoms with Gasteiger partial charge in [0.1, 0.15) is 5.25 Å². The zero-order valence-corrected chi connectivity index (χ0v) is 13.9. The van der Waals surface area contributed by atoms with Crippen molar-refractivity contribution in [2.24, 2.45) is 0 Å². The molecule has 0 radical (unpaired) electrons. The molecule has 1 fully saturated rings. The minimum absolute atomic E-state index is 0.129. The number of hydrogen-bond acceptors (Lipinski definition) is 4. The van der Waals surface area contributed by atoms with Crippen LogP contribution in [0.1, 0.15) is 19.3 Å². The highest BCUT2D eigenvalue weighted by molar-refractivity contribution is 7.93. The van der Waals surface area contributed by atoms with E-state index in [2.05, 4.69) is 0 Å². The molecule has 0 aliphatic carbocycles. The quantitative estimate of drug-likeness (QED) is 0.868. The van der Waals surface area contributed by atoms with Crippen LogP contribution in [0.4, 0.5) is 0 Å². The minimum Gasteiger partial charge on any atom is -0.286 e. The molecule has 1 atom stereocenters. The van der Waals surface area contributed by atoms with E-state index in [1.807, 2.05) is 30.3 Å². The van der Waals surface area contributed by atoms with Gasteiger partial charge in [0.2, 0.25) is 0 Å². The van der Waals surface area contributed by atoms with Gasteiger partial charge >= 0.3 is 0 Å². The Bertz CT molecular complexity index is 833. The molecular formula is C18H19NO4S. The number of hydroxylamine groups is 2. The van der Waals surface area contributed by atoms with Crippen LogP contribution in [0.5, 0.6) is 0 Å². The zero-order valence-electron chi connectivity index (χ0n) is 13.1. The number of carbonyl (C=O) groups is 1. The summed E-state index contributed by atoms with van der Waals surface area (Å²) in [6.07, 6.45) is 1.40. The predicted octanol–water partition coefficient (Wildman–Crippen LogP) is 2.90. The first-order valence-electron chi connectivity index (χ1n) is 7.90. The molecule has 1 aliphatic heterocycles. The van der Waals surface area contributed by atoms with E-state index < -0.39 is 21.0 Å². The van der Waals surface area contributed by atoms with Gasteiger partial charge in [-0.3, -0.25) is 10.0 Å². The number of nitrogens with zero attached hydrogens (tertiary/aromatic N) is 1. The number of carbonyl (C=O) groups excluding carboxylic acids is 1. The van der Waals surface area contributed by atoms with Gasteiger partial charge in [-0.2, -0.15) is 0 Å². The minimum atomic E-state index is -3.90. The molecule has 0 spiro atoms. The first-order chi connectivity index (χ1) is 11.5. The average Bonchev–Trinajstić information content (AvgIpc) is 2.78. The molecule has 0 saturated carbocycles. The van der Waals surface area contributed by atoms with Gasteiger partial charge in [0.05, 0.1) is 4.90 Å². The highest BCUT2D eigenvalue weighted by Gasteiger charge is 2.38. The van der Waals surface area contributed by atoms with E-state index in [0.717, 1.165) is 5.56 Å². The van der Waals surface area contributed by atoms with Crippen LogP contribution in [0, 0.1) is 0 Å². The summed E-state index contributed by atoms with van der Waals surface area (Å²) in [4.78, 5) is 12.4. The van der Waals surface area contributed by atoms with Gasteiger partial charge in [0.15, 0.2) is 9.84 Å². The van der Waals surface area contributed by atoms with E-state index in [-0.39, 0.29) is 17.9 Å². The van der Waals surface area contributed by atoms with Gasteiger partial charge in [0, 0.05) is 12.1 Å². The molecule has 24 heavy (non-hydrogen) atoms. The van der Waals surface area contributed by atoms with Gasteiger partial charge in [-0.15, -0.1) is 0 Å². The van der Waals surface area contributed by atoms with E-state index in [1.54, 1.807) is 18.2 Å². The molecule has 0 bridgehead atoms. The molecule has 1 heterocycles. The van der Waals surface area contributed by atoms with Gasteiger partial charge in [0.25, 0.3) is 5.91 Å². The molecule has 1 saturated heterocycles. The van der Waals surface area contributed by atoms with Crippen molar-refractivity contribution >= 4 is 15.7 Å². The van der Waals surface area contributed by atoms with Crippen molar-refractivity contribution in [3.05, 3.63) is 54.6 Å². The van der Waals surface area contributed by atoms with Crippen LogP contribution in [-0.4, -0.2) is 36.4 Å². The normalized spacial score (nSPS) is 19.1.